The van der Waals surface area contributed by atoms with Crippen molar-refractivity contribution in [3.8, 4) is 0 Å². The van der Waals surface area contributed by atoms with Crippen LogP contribution in [0.15, 0.2) is 54.6 Å². The molecule has 0 fully saturated rings. The summed E-state index contributed by atoms with van der Waals surface area (Å²) in [5.74, 6) is 0.490. The van der Waals surface area contributed by atoms with Gasteiger partial charge in [0.05, 0.1) is 0 Å². The van der Waals surface area contributed by atoms with E-state index in [0.717, 1.165) is 17.2 Å². The minimum Gasteiger partial charge on any atom is -0.363 e. The topological polar surface area (TPSA) is 70.2 Å². The Morgan fingerprint density at radius 1 is 1.00 bits per heavy atom. The first-order chi connectivity index (χ1) is 12.9. The second-order valence-corrected chi connectivity index (χ2v) is 6.25. The van der Waals surface area contributed by atoms with Gasteiger partial charge < -0.3 is 15.5 Å². The summed E-state index contributed by atoms with van der Waals surface area (Å²) in [5, 5.41) is 5.89. The third-order valence-corrected chi connectivity index (χ3v) is 3.78. The van der Waals surface area contributed by atoms with Gasteiger partial charge in [-0.3, -0.25) is 4.79 Å². The number of benzene rings is 2. The first-order valence-corrected chi connectivity index (χ1v) is 8.38. The van der Waals surface area contributed by atoms with Crippen molar-refractivity contribution in [1.29, 1.82) is 0 Å². The third kappa shape index (κ3) is 4.78. The summed E-state index contributed by atoms with van der Waals surface area (Å²) in [6, 6.07) is 14.6. The molecular formula is C20H20FN5O. The lowest BCUT2D eigenvalue weighted by Crippen LogP contribution is -2.13. The van der Waals surface area contributed by atoms with Crippen molar-refractivity contribution in [3.05, 3.63) is 71.7 Å². The van der Waals surface area contributed by atoms with E-state index >= 15 is 0 Å². The fourth-order valence-corrected chi connectivity index (χ4v) is 2.44. The van der Waals surface area contributed by atoms with Crippen LogP contribution in [0.1, 0.15) is 16.1 Å². The van der Waals surface area contributed by atoms with Gasteiger partial charge in [0.1, 0.15) is 11.6 Å². The predicted molar refractivity (Wildman–Crippen MR) is 105 cm³/mol. The molecule has 27 heavy (non-hydrogen) atoms. The Labute approximate surface area is 157 Å². The molecule has 0 bridgehead atoms. The molecule has 1 amide bonds. The smallest absolute Gasteiger partial charge is 0.255 e. The van der Waals surface area contributed by atoms with Crippen LogP contribution in [0.2, 0.25) is 0 Å². The van der Waals surface area contributed by atoms with Crippen LogP contribution in [0, 0.1) is 12.7 Å². The van der Waals surface area contributed by atoms with Gasteiger partial charge in [-0.1, -0.05) is 6.07 Å². The van der Waals surface area contributed by atoms with Crippen LogP contribution >= 0.6 is 0 Å². The molecule has 0 aliphatic heterocycles. The van der Waals surface area contributed by atoms with E-state index in [1.165, 1.54) is 18.2 Å². The van der Waals surface area contributed by atoms with Crippen LogP contribution in [-0.4, -0.2) is 30.0 Å². The second-order valence-electron chi connectivity index (χ2n) is 6.25. The molecule has 0 unspecified atom stereocenters. The Hall–Kier alpha value is -3.48. The Balaban J connectivity index is 1.70. The number of aromatic nitrogens is 2. The van der Waals surface area contributed by atoms with E-state index in [1.807, 2.05) is 44.1 Å². The number of nitrogens with one attached hydrogen (secondary N) is 2. The van der Waals surface area contributed by atoms with Crippen molar-refractivity contribution in [1.82, 2.24) is 9.97 Å². The Morgan fingerprint density at radius 2 is 1.70 bits per heavy atom. The standard InChI is InChI=1S/C20H20FN5O/c1-13-11-18(26(2)3)25-20(22-13)24-17-9-7-16(8-10-17)23-19(27)14-5-4-6-15(21)12-14/h4-12H,1-3H3,(H,23,27)(H,22,24,25). The number of nitrogens with zero attached hydrogens (tertiary/aromatic N) is 3. The van der Waals surface area contributed by atoms with E-state index < -0.39 is 5.82 Å². The van der Waals surface area contributed by atoms with Crippen LogP contribution in [0.3, 0.4) is 0 Å². The number of amides is 1. The summed E-state index contributed by atoms with van der Waals surface area (Å²) in [6.45, 7) is 1.91. The maximum atomic E-state index is 13.2. The van der Waals surface area contributed by atoms with Crippen LogP contribution < -0.4 is 15.5 Å². The van der Waals surface area contributed by atoms with Crippen molar-refractivity contribution >= 4 is 29.0 Å². The molecule has 3 rings (SSSR count). The Morgan fingerprint density at radius 3 is 2.37 bits per heavy atom. The van der Waals surface area contributed by atoms with Gasteiger partial charge in [-0.2, -0.15) is 4.98 Å². The van der Waals surface area contributed by atoms with Crippen LogP contribution in [0.25, 0.3) is 0 Å². The molecule has 3 aromatic rings. The highest BCUT2D eigenvalue weighted by Crippen LogP contribution is 2.19. The fraction of sp³-hybridized carbons (Fsp3) is 0.150. The molecule has 1 aromatic heterocycles. The first kappa shape index (κ1) is 18.3. The van der Waals surface area contributed by atoms with E-state index in [2.05, 4.69) is 20.6 Å². The van der Waals surface area contributed by atoms with E-state index in [0.29, 0.717) is 11.6 Å². The number of rotatable bonds is 5. The van der Waals surface area contributed by atoms with Gasteiger partial charge in [0.2, 0.25) is 5.95 Å². The number of carbonyl (C=O) groups excluding carboxylic acids is 1. The van der Waals surface area contributed by atoms with Crippen molar-refractivity contribution in [2.75, 3.05) is 29.6 Å². The summed E-state index contributed by atoms with van der Waals surface area (Å²) in [7, 11) is 3.84. The molecule has 138 valence electrons. The van der Waals surface area contributed by atoms with Crippen LogP contribution in [0.4, 0.5) is 27.5 Å². The maximum absolute atomic E-state index is 13.2. The lowest BCUT2D eigenvalue weighted by molar-refractivity contribution is 0.102. The second kappa shape index (κ2) is 7.82. The van der Waals surface area contributed by atoms with Crippen LogP contribution in [0.5, 0.6) is 0 Å². The molecule has 0 aliphatic rings. The van der Waals surface area contributed by atoms with Gasteiger partial charge >= 0.3 is 0 Å². The monoisotopic (exact) mass is 365 g/mol. The molecule has 2 aromatic carbocycles. The molecule has 2 N–H and O–H groups in total. The van der Waals surface area contributed by atoms with Crippen molar-refractivity contribution in [2.24, 2.45) is 0 Å². The summed E-state index contributed by atoms with van der Waals surface area (Å²) in [4.78, 5) is 22.9. The van der Waals surface area contributed by atoms with Gasteiger partial charge in [-0.15, -0.1) is 0 Å². The summed E-state index contributed by atoms with van der Waals surface area (Å²) >= 11 is 0. The number of halogens is 1. The lowest BCUT2D eigenvalue weighted by Gasteiger charge is -2.14. The normalized spacial score (nSPS) is 10.4. The zero-order valence-electron chi connectivity index (χ0n) is 15.3. The predicted octanol–water partition coefficient (Wildman–Crippen LogP) is 3.99. The average Bonchev–Trinajstić information content (AvgIpc) is 2.63. The number of carbonyl (C=O) groups is 1. The quantitative estimate of drug-likeness (QED) is 0.716. The average molecular weight is 365 g/mol. The van der Waals surface area contributed by atoms with Gasteiger partial charge in [-0.05, 0) is 49.4 Å². The summed E-state index contributed by atoms with van der Waals surface area (Å²) in [5.41, 5.74) is 2.51. The largest absolute Gasteiger partial charge is 0.363 e. The maximum Gasteiger partial charge on any atom is 0.255 e. The molecule has 0 aliphatic carbocycles. The van der Waals surface area contributed by atoms with Crippen molar-refractivity contribution < 1.29 is 9.18 Å². The fourth-order valence-electron chi connectivity index (χ4n) is 2.44. The van der Waals surface area contributed by atoms with Crippen molar-refractivity contribution in [2.45, 2.75) is 6.92 Å². The number of hydrogen-bond acceptors (Lipinski definition) is 5. The number of anilines is 4. The van der Waals surface area contributed by atoms with E-state index in [4.69, 9.17) is 0 Å². The van der Waals surface area contributed by atoms with Gasteiger partial charge in [0.25, 0.3) is 5.91 Å². The molecule has 0 saturated heterocycles. The van der Waals surface area contributed by atoms with Gasteiger partial charge in [0.15, 0.2) is 0 Å². The molecule has 0 spiro atoms. The van der Waals surface area contributed by atoms with Crippen molar-refractivity contribution in [3.63, 3.8) is 0 Å². The highest BCUT2D eigenvalue weighted by Gasteiger charge is 2.08. The minimum absolute atomic E-state index is 0.265. The zero-order chi connectivity index (χ0) is 19.4. The molecule has 7 heteroatoms. The summed E-state index contributed by atoms with van der Waals surface area (Å²) < 4.78 is 13.2. The molecule has 6 nitrogen and oxygen atoms in total. The minimum atomic E-state index is -0.447. The zero-order valence-corrected chi connectivity index (χ0v) is 15.3. The van der Waals surface area contributed by atoms with E-state index in [-0.39, 0.29) is 11.5 Å². The summed E-state index contributed by atoms with van der Waals surface area (Å²) in [6.07, 6.45) is 0. The van der Waals surface area contributed by atoms with Gasteiger partial charge in [0, 0.05) is 42.8 Å². The van der Waals surface area contributed by atoms with E-state index in [9.17, 15) is 9.18 Å². The third-order valence-electron chi connectivity index (χ3n) is 3.78. The van der Waals surface area contributed by atoms with Gasteiger partial charge in [-0.25, -0.2) is 9.37 Å². The Kier molecular flexibility index (Phi) is 5.30. The SMILES string of the molecule is Cc1cc(N(C)C)nc(Nc2ccc(NC(=O)c3cccc(F)c3)cc2)n1. The Bertz CT molecular complexity index is 957. The molecule has 1 heterocycles. The van der Waals surface area contributed by atoms with Crippen LogP contribution in [-0.2, 0) is 0 Å². The van der Waals surface area contributed by atoms with E-state index in [1.54, 1.807) is 18.2 Å². The first-order valence-electron chi connectivity index (χ1n) is 8.38. The molecule has 0 saturated carbocycles. The highest BCUT2D eigenvalue weighted by molar-refractivity contribution is 6.04. The number of aryl methyl sites for hydroxylation is 1. The molecular weight excluding hydrogens is 345 g/mol. The molecule has 0 atom stereocenters. The number of hydrogen-bond donors (Lipinski definition) is 2. The highest BCUT2D eigenvalue weighted by atomic mass is 19.1. The molecule has 0 radical (unpaired) electrons. The lowest BCUT2D eigenvalue weighted by atomic mass is 10.2.